The topological polar surface area (TPSA) is 37.6 Å². The molecule has 1 atom stereocenters. The molecule has 9 aromatic carbocycles. The average molecular weight is 956 g/mol. The Labute approximate surface area is 438 Å². The van der Waals surface area contributed by atoms with Gasteiger partial charge in [0.15, 0.2) is 5.84 Å². The Hall–Kier alpha value is -8.79. The number of pyridine rings is 1. The van der Waals surface area contributed by atoms with Crippen molar-refractivity contribution in [3.05, 3.63) is 277 Å². The second-order valence-electron chi connectivity index (χ2n) is 20.4. The lowest BCUT2D eigenvalue weighted by atomic mass is 9.76. The molecule has 0 fully saturated rings. The van der Waals surface area contributed by atoms with Crippen molar-refractivity contribution in [2.75, 3.05) is 0 Å². The number of aliphatic imine (C=N–C) groups is 2. The normalized spacial score (nSPS) is 12.4. The minimum atomic E-state index is 0.123. The summed E-state index contributed by atoms with van der Waals surface area (Å²) >= 11 is 0. The van der Waals surface area contributed by atoms with Crippen molar-refractivity contribution >= 4 is 17.2 Å². The molecule has 1 heterocycles. The quantitative estimate of drug-likeness (QED) is 0.0888. The van der Waals surface area contributed by atoms with Gasteiger partial charge in [-0.25, -0.2) is 9.98 Å². The summed E-state index contributed by atoms with van der Waals surface area (Å²) in [5, 5.41) is 0. The maximum Gasteiger partial charge on any atom is 0.161 e. The van der Waals surface area contributed by atoms with E-state index in [1.165, 1.54) is 33.4 Å². The molecule has 0 aliphatic rings. The first-order valence-corrected chi connectivity index (χ1v) is 25.6. The van der Waals surface area contributed by atoms with Crippen LogP contribution in [0.3, 0.4) is 0 Å². The lowest BCUT2D eigenvalue weighted by Crippen LogP contribution is -2.16. The molecule has 360 valence electrons. The van der Waals surface area contributed by atoms with Crippen molar-refractivity contribution in [3.8, 4) is 78.0 Å². The monoisotopic (exact) mass is 955 g/mol. The highest BCUT2D eigenvalue weighted by Crippen LogP contribution is 2.39. The molecule has 3 heteroatoms. The fourth-order valence-electron chi connectivity index (χ4n) is 9.58. The Morgan fingerprint density at radius 3 is 1.26 bits per heavy atom. The Bertz CT molecular complexity index is 3540. The van der Waals surface area contributed by atoms with E-state index < -0.39 is 0 Å². The van der Waals surface area contributed by atoms with E-state index in [9.17, 15) is 0 Å². The number of aryl methyl sites for hydroxylation is 1. The van der Waals surface area contributed by atoms with Gasteiger partial charge in [-0.2, -0.15) is 0 Å². The van der Waals surface area contributed by atoms with Crippen LogP contribution in [0.1, 0.15) is 68.4 Å². The molecule has 0 N–H and O–H groups in total. The molecule has 10 aromatic rings. The van der Waals surface area contributed by atoms with Crippen LogP contribution in [0.4, 0.5) is 0 Å². The van der Waals surface area contributed by atoms with Gasteiger partial charge in [0.05, 0.1) is 11.4 Å². The van der Waals surface area contributed by atoms with E-state index in [0.717, 1.165) is 78.2 Å². The van der Waals surface area contributed by atoms with E-state index in [1.54, 1.807) is 0 Å². The van der Waals surface area contributed by atoms with Crippen LogP contribution in [0.5, 0.6) is 0 Å². The van der Waals surface area contributed by atoms with Gasteiger partial charge in [0.1, 0.15) is 0 Å². The summed E-state index contributed by atoms with van der Waals surface area (Å²) in [6, 6.07) is 84.0. The molecule has 10 rings (SSSR count). The van der Waals surface area contributed by atoms with Gasteiger partial charge in [0.2, 0.25) is 0 Å². The predicted octanol–water partition coefficient (Wildman–Crippen LogP) is 19.1. The van der Waals surface area contributed by atoms with Crippen LogP contribution in [0.2, 0.25) is 0 Å². The molecule has 0 amide bonds. The van der Waals surface area contributed by atoms with Crippen LogP contribution < -0.4 is 0 Å². The van der Waals surface area contributed by atoms with Crippen LogP contribution in [0.25, 0.3) is 83.7 Å². The van der Waals surface area contributed by atoms with Gasteiger partial charge in [-0.3, -0.25) is 4.98 Å². The summed E-state index contributed by atoms with van der Waals surface area (Å²) in [5.41, 5.74) is 22.6. The van der Waals surface area contributed by atoms with Crippen molar-refractivity contribution in [1.82, 2.24) is 4.98 Å². The molecule has 0 aliphatic heterocycles. The second-order valence-corrected chi connectivity index (χ2v) is 20.4. The SMILES string of the molecule is C=C(N=C(N=C(C)c1cccc(-c2cc(-c3ccccc3)cc(-c3ccccc3)c2)c1)c1ccc(-c2ccc(C)c(C(C)C(C)(C)C)c2)nc1)c1cccc(-c2cc(-c3ccccc3)cc(-c3ccccc3)c2)c1. The van der Waals surface area contributed by atoms with E-state index >= 15 is 0 Å². The highest BCUT2D eigenvalue weighted by atomic mass is 14.9. The van der Waals surface area contributed by atoms with E-state index in [-0.39, 0.29) is 5.41 Å². The van der Waals surface area contributed by atoms with Gasteiger partial charge in [0.25, 0.3) is 0 Å². The smallest absolute Gasteiger partial charge is 0.161 e. The maximum absolute atomic E-state index is 5.36. The summed E-state index contributed by atoms with van der Waals surface area (Å²) in [6.07, 6.45) is 1.90. The van der Waals surface area contributed by atoms with Crippen molar-refractivity contribution in [1.29, 1.82) is 0 Å². The van der Waals surface area contributed by atoms with Gasteiger partial charge in [-0.15, -0.1) is 0 Å². The molecule has 1 aromatic heterocycles. The largest absolute Gasteiger partial charge is 0.255 e. The second kappa shape index (κ2) is 21.5. The number of nitrogens with zero attached hydrogens (tertiary/aromatic N) is 3. The molecule has 0 saturated carbocycles. The summed E-state index contributed by atoms with van der Waals surface area (Å²) in [6.45, 7) is 18.1. The molecule has 0 spiro atoms. The molecule has 0 aliphatic carbocycles. The van der Waals surface area contributed by atoms with Crippen LogP contribution in [-0.2, 0) is 0 Å². The first-order chi connectivity index (χ1) is 35.9. The lowest BCUT2D eigenvalue weighted by Gasteiger charge is -2.29. The maximum atomic E-state index is 5.36. The molecule has 3 nitrogen and oxygen atoms in total. The molecule has 0 saturated heterocycles. The zero-order valence-electron chi connectivity index (χ0n) is 43.2. The molecular weight excluding hydrogens is 895 g/mol. The fraction of sp³-hybridized carbons (Fsp3) is 0.113. The lowest BCUT2D eigenvalue weighted by molar-refractivity contribution is 0.338. The van der Waals surface area contributed by atoms with Gasteiger partial charge in [-0.05, 0) is 175 Å². The van der Waals surface area contributed by atoms with Crippen LogP contribution >= 0.6 is 0 Å². The van der Waals surface area contributed by atoms with Crippen LogP contribution in [0, 0.1) is 12.3 Å². The third kappa shape index (κ3) is 11.1. The molecule has 0 bridgehead atoms. The predicted molar refractivity (Wildman–Crippen MR) is 316 cm³/mol. The molecular formula is C71H61N3. The highest BCUT2D eigenvalue weighted by Gasteiger charge is 2.24. The first-order valence-electron chi connectivity index (χ1n) is 25.6. The number of benzene rings is 9. The third-order valence-corrected chi connectivity index (χ3v) is 14.3. The van der Waals surface area contributed by atoms with E-state index in [4.69, 9.17) is 15.0 Å². The summed E-state index contributed by atoms with van der Waals surface area (Å²) in [4.78, 5) is 15.7. The van der Waals surface area contributed by atoms with E-state index in [2.05, 4.69) is 285 Å². The van der Waals surface area contributed by atoms with Crippen molar-refractivity contribution in [2.45, 2.75) is 47.5 Å². The van der Waals surface area contributed by atoms with Crippen molar-refractivity contribution < 1.29 is 0 Å². The van der Waals surface area contributed by atoms with E-state index in [1.807, 2.05) is 6.20 Å². The molecule has 74 heavy (non-hydrogen) atoms. The fourth-order valence-corrected chi connectivity index (χ4v) is 9.58. The number of rotatable bonds is 12. The molecule has 0 radical (unpaired) electrons. The van der Waals surface area contributed by atoms with Gasteiger partial charge >= 0.3 is 0 Å². The van der Waals surface area contributed by atoms with Gasteiger partial charge < -0.3 is 0 Å². The van der Waals surface area contributed by atoms with Gasteiger partial charge in [-0.1, -0.05) is 204 Å². The highest BCUT2D eigenvalue weighted by molar-refractivity contribution is 6.13. The first kappa shape index (κ1) is 48.8. The van der Waals surface area contributed by atoms with Crippen LogP contribution in [0.15, 0.2) is 259 Å². The Morgan fingerprint density at radius 2 is 0.824 bits per heavy atom. The Morgan fingerprint density at radius 1 is 0.405 bits per heavy atom. The standard InChI is InChI=1S/C71H61N3/c1-48-34-35-60(46-68(48)49(2)71(5,6)7)69-37-36-61(47-72-69)70(73-50(3)56-30-20-32-58(38-56)66-42-62(52-22-12-8-13-23-52)40-63(43-66)53-24-14-9-15-25-53)74-51(4)57-31-21-33-59(39-57)67-44-64(54-26-16-10-17-27-54)41-65(45-67)55-28-18-11-19-29-55/h8-47,49H,3H2,1-2,4-7H3. The minimum absolute atomic E-state index is 0.123. The van der Waals surface area contributed by atoms with Crippen molar-refractivity contribution in [2.24, 2.45) is 15.4 Å². The summed E-state index contributed by atoms with van der Waals surface area (Å²) < 4.78 is 0. The van der Waals surface area contributed by atoms with Crippen LogP contribution in [-0.4, -0.2) is 16.5 Å². The Kier molecular flexibility index (Phi) is 14.2. The summed E-state index contributed by atoms with van der Waals surface area (Å²) in [7, 11) is 0. The number of amidine groups is 1. The summed E-state index contributed by atoms with van der Waals surface area (Å²) in [5.74, 6) is 0.904. The number of hydrogen-bond donors (Lipinski definition) is 0. The minimum Gasteiger partial charge on any atom is -0.255 e. The number of aromatic nitrogens is 1. The third-order valence-electron chi connectivity index (χ3n) is 14.3. The van der Waals surface area contributed by atoms with Crippen molar-refractivity contribution in [3.63, 3.8) is 0 Å². The zero-order chi connectivity index (χ0) is 51.2. The number of hydrogen-bond acceptors (Lipinski definition) is 2. The Balaban J connectivity index is 1.05. The van der Waals surface area contributed by atoms with E-state index in [0.29, 0.717) is 17.5 Å². The zero-order valence-corrected chi connectivity index (χ0v) is 43.2. The van der Waals surface area contributed by atoms with Gasteiger partial charge in [0, 0.05) is 28.6 Å². The average Bonchev–Trinajstić information content (AvgIpc) is 3.45. The molecule has 1 unspecified atom stereocenters.